The van der Waals surface area contributed by atoms with E-state index in [0.29, 0.717) is 0 Å². The Morgan fingerprint density at radius 1 is 0.870 bits per heavy atom. The Labute approximate surface area is 142 Å². The van der Waals surface area contributed by atoms with E-state index < -0.39 is 11.4 Å². The lowest BCUT2D eigenvalue weighted by atomic mass is 9.87. The largest absolute Gasteiger partial charge is 0.481 e. The average Bonchev–Trinajstić information content (AvgIpc) is 2.50. The molecule has 0 aromatic heterocycles. The van der Waals surface area contributed by atoms with E-state index in [-0.39, 0.29) is 0 Å². The van der Waals surface area contributed by atoms with Crippen molar-refractivity contribution in [3.8, 4) is 0 Å². The van der Waals surface area contributed by atoms with Crippen LogP contribution < -0.4 is 0 Å². The Bertz CT molecular complexity index is 445. The van der Waals surface area contributed by atoms with Crippen LogP contribution >= 0.6 is 0 Å². The number of benzene rings is 1. The van der Waals surface area contributed by atoms with E-state index in [0.717, 1.165) is 12.8 Å². The van der Waals surface area contributed by atoms with Crippen molar-refractivity contribution in [1.82, 2.24) is 0 Å². The summed E-state index contributed by atoms with van der Waals surface area (Å²) in [6.07, 6.45) is 12.0. The van der Waals surface area contributed by atoms with Crippen molar-refractivity contribution in [2.45, 2.75) is 85.0 Å². The number of carboxylic acid groups (broad SMARTS) is 1. The van der Waals surface area contributed by atoms with Gasteiger partial charge in [0.15, 0.2) is 0 Å². The third-order valence-corrected chi connectivity index (χ3v) is 4.72. The summed E-state index contributed by atoms with van der Waals surface area (Å²) in [6, 6.07) is 8.88. The number of aryl methyl sites for hydroxylation is 2. The SMILES string of the molecule is Cc1ccc(CCCCCCCCCCC(C)(C)C(=O)O)cc1. The maximum absolute atomic E-state index is 11.0. The van der Waals surface area contributed by atoms with Gasteiger partial charge in [-0.15, -0.1) is 0 Å². The Morgan fingerprint density at radius 3 is 1.87 bits per heavy atom. The van der Waals surface area contributed by atoms with Crippen LogP contribution in [0.1, 0.15) is 82.8 Å². The highest BCUT2D eigenvalue weighted by molar-refractivity contribution is 5.73. The lowest BCUT2D eigenvalue weighted by Crippen LogP contribution is -2.23. The fraction of sp³-hybridized carbons (Fsp3) is 0.667. The van der Waals surface area contributed by atoms with Crippen LogP contribution in [0.2, 0.25) is 0 Å². The molecule has 1 N–H and O–H groups in total. The Hall–Kier alpha value is -1.31. The van der Waals surface area contributed by atoms with Gasteiger partial charge in [0.2, 0.25) is 0 Å². The summed E-state index contributed by atoms with van der Waals surface area (Å²) in [5.74, 6) is -0.675. The molecule has 0 saturated heterocycles. The molecule has 0 radical (unpaired) electrons. The summed E-state index contributed by atoms with van der Waals surface area (Å²) in [6.45, 7) is 5.78. The van der Waals surface area contributed by atoms with Gasteiger partial charge in [0.05, 0.1) is 5.41 Å². The minimum atomic E-state index is -0.675. The van der Waals surface area contributed by atoms with E-state index >= 15 is 0 Å². The first-order valence-electron chi connectivity index (χ1n) is 9.21. The van der Waals surface area contributed by atoms with Crippen LogP contribution in [0, 0.1) is 12.3 Å². The second-order valence-electron chi connectivity index (χ2n) is 7.50. The number of carboxylic acids is 1. The molecule has 1 aromatic carbocycles. The highest BCUT2D eigenvalue weighted by Gasteiger charge is 2.25. The van der Waals surface area contributed by atoms with Crippen LogP contribution in [0.4, 0.5) is 0 Å². The third-order valence-electron chi connectivity index (χ3n) is 4.72. The minimum absolute atomic E-state index is 0.560. The quantitative estimate of drug-likeness (QED) is 0.469. The summed E-state index contributed by atoms with van der Waals surface area (Å²) >= 11 is 0. The van der Waals surface area contributed by atoms with Crippen LogP contribution in [0.5, 0.6) is 0 Å². The van der Waals surface area contributed by atoms with Gasteiger partial charge in [0.25, 0.3) is 0 Å². The average molecular weight is 319 g/mol. The third kappa shape index (κ3) is 8.78. The molecule has 2 nitrogen and oxygen atoms in total. The smallest absolute Gasteiger partial charge is 0.309 e. The van der Waals surface area contributed by atoms with Gasteiger partial charge >= 0.3 is 5.97 Å². The van der Waals surface area contributed by atoms with Gasteiger partial charge in [-0.2, -0.15) is 0 Å². The molecule has 23 heavy (non-hydrogen) atoms. The van der Waals surface area contributed by atoms with Gasteiger partial charge in [-0.1, -0.05) is 74.8 Å². The van der Waals surface area contributed by atoms with E-state index in [1.165, 1.54) is 62.5 Å². The topological polar surface area (TPSA) is 37.3 Å². The number of hydrogen-bond donors (Lipinski definition) is 1. The molecule has 0 heterocycles. The van der Waals surface area contributed by atoms with Crippen LogP contribution in [0.3, 0.4) is 0 Å². The minimum Gasteiger partial charge on any atom is -0.481 e. The van der Waals surface area contributed by atoms with Gasteiger partial charge < -0.3 is 5.11 Å². The summed E-state index contributed by atoms with van der Waals surface area (Å²) in [5, 5.41) is 9.06. The van der Waals surface area contributed by atoms with Crippen molar-refractivity contribution in [3.05, 3.63) is 35.4 Å². The number of carbonyl (C=O) groups is 1. The van der Waals surface area contributed by atoms with Crippen molar-refractivity contribution >= 4 is 5.97 Å². The zero-order valence-corrected chi connectivity index (χ0v) is 15.2. The molecule has 130 valence electrons. The molecule has 0 aliphatic carbocycles. The van der Waals surface area contributed by atoms with E-state index in [4.69, 9.17) is 5.11 Å². The zero-order chi connectivity index (χ0) is 17.1. The number of unbranched alkanes of at least 4 members (excludes halogenated alkanes) is 7. The molecule has 1 aromatic rings. The van der Waals surface area contributed by atoms with Gasteiger partial charge in [-0.05, 0) is 45.6 Å². The molecule has 0 aliphatic rings. The molecule has 0 atom stereocenters. The van der Waals surface area contributed by atoms with Crippen molar-refractivity contribution in [2.75, 3.05) is 0 Å². The maximum Gasteiger partial charge on any atom is 0.309 e. The maximum atomic E-state index is 11.0. The molecule has 0 bridgehead atoms. The summed E-state index contributed by atoms with van der Waals surface area (Å²) < 4.78 is 0. The van der Waals surface area contributed by atoms with Crippen molar-refractivity contribution in [1.29, 1.82) is 0 Å². The first-order valence-corrected chi connectivity index (χ1v) is 9.21. The molecule has 0 fully saturated rings. The summed E-state index contributed by atoms with van der Waals surface area (Å²) in [4.78, 5) is 11.0. The molecular formula is C21H34O2. The second-order valence-corrected chi connectivity index (χ2v) is 7.50. The standard InChI is InChI=1S/C21H34O2/c1-18-13-15-19(16-14-18)12-10-8-6-4-5-7-9-11-17-21(2,3)20(22)23/h13-16H,4-12,17H2,1-3H3,(H,22,23). The summed E-state index contributed by atoms with van der Waals surface area (Å²) in [5.41, 5.74) is 2.23. The highest BCUT2D eigenvalue weighted by atomic mass is 16.4. The number of hydrogen-bond acceptors (Lipinski definition) is 1. The van der Waals surface area contributed by atoms with Crippen molar-refractivity contribution < 1.29 is 9.90 Å². The first kappa shape index (κ1) is 19.7. The van der Waals surface area contributed by atoms with E-state index in [1.807, 2.05) is 13.8 Å². The zero-order valence-electron chi connectivity index (χ0n) is 15.2. The fourth-order valence-corrected chi connectivity index (χ4v) is 2.82. The van der Waals surface area contributed by atoms with Gasteiger partial charge in [-0.25, -0.2) is 0 Å². The highest BCUT2D eigenvalue weighted by Crippen LogP contribution is 2.24. The monoisotopic (exact) mass is 318 g/mol. The van der Waals surface area contributed by atoms with E-state index in [9.17, 15) is 4.79 Å². The summed E-state index contributed by atoms with van der Waals surface area (Å²) in [7, 11) is 0. The Kier molecular flexibility index (Phi) is 8.98. The van der Waals surface area contributed by atoms with Crippen LogP contribution in [0.15, 0.2) is 24.3 Å². The van der Waals surface area contributed by atoms with Crippen molar-refractivity contribution in [2.24, 2.45) is 5.41 Å². The number of rotatable bonds is 12. The number of aliphatic carboxylic acids is 1. The Morgan fingerprint density at radius 2 is 1.35 bits per heavy atom. The molecule has 1 rings (SSSR count). The van der Waals surface area contributed by atoms with E-state index in [1.54, 1.807) is 0 Å². The Balaban J connectivity index is 1.92. The van der Waals surface area contributed by atoms with Gasteiger partial charge in [0.1, 0.15) is 0 Å². The lowest BCUT2D eigenvalue weighted by Gasteiger charge is -2.18. The molecule has 0 unspecified atom stereocenters. The molecular weight excluding hydrogens is 284 g/mol. The van der Waals surface area contributed by atoms with Gasteiger partial charge in [-0.3, -0.25) is 4.79 Å². The van der Waals surface area contributed by atoms with Crippen LogP contribution in [0.25, 0.3) is 0 Å². The van der Waals surface area contributed by atoms with Crippen LogP contribution in [-0.2, 0) is 11.2 Å². The normalized spacial score (nSPS) is 11.6. The second kappa shape index (κ2) is 10.5. The predicted octanol–water partition coefficient (Wildman–Crippen LogP) is 6.16. The molecule has 0 amide bonds. The molecule has 0 aliphatic heterocycles. The molecule has 0 spiro atoms. The predicted molar refractivity (Wildman–Crippen MR) is 97.9 cm³/mol. The fourth-order valence-electron chi connectivity index (χ4n) is 2.82. The lowest BCUT2D eigenvalue weighted by molar-refractivity contribution is -0.147. The van der Waals surface area contributed by atoms with Crippen LogP contribution in [-0.4, -0.2) is 11.1 Å². The van der Waals surface area contributed by atoms with Gasteiger partial charge in [0, 0.05) is 0 Å². The first-order chi connectivity index (χ1) is 10.9. The van der Waals surface area contributed by atoms with E-state index in [2.05, 4.69) is 31.2 Å². The van der Waals surface area contributed by atoms with Crippen molar-refractivity contribution in [3.63, 3.8) is 0 Å². The molecule has 0 saturated carbocycles. The molecule has 2 heteroatoms.